The molecule has 0 fully saturated rings. The second kappa shape index (κ2) is 9.38. The largest absolute Gasteiger partial charge is 0.497 e. The first-order valence-electron chi connectivity index (χ1n) is 7.24. The van der Waals surface area contributed by atoms with Crippen LogP contribution < -0.4 is 10.1 Å². The Balaban J connectivity index is 2.43. The van der Waals surface area contributed by atoms with Crippen molar-refractivity contribution in [3.05, 3.63) is 28.2 Å². The number of halogens is 1. The summed E-state index contributed by atoms with van der Waals surface area (Å²) in [5.41, 5.74) is 1.25. The van der Waals surface area contributed by atoms with Crippen LogP contribution in [0.15, 0.2) is 22.7 Å². The van der Waals surface area contributed by atoms with E-state index in [-0.39, 0.29) is 0 Å². The summed E-state index contributed by atoms with van der Waals surface area (Å²) >= 11 is 3.59. The molecule has 0 bridgehead atoms. The van der Waals surface area contributed by atoms with Crippen LogP contribution in [0.4, 0.5) is 0 Å². The van der Waals surface area contributed by atoms with E-state index in [0.717, 1.165) is 29.2 Å². The highest BCUT2D eigenvalue weighted by Gasteiger charge is 2.06. The van der Waals surface area contributed by atoms with Crippen LogP contribution in [0, 0.1) is 5.92 Å². The summed E-state index contributed by atoms with van der Waals surface area (Å²) in [6.45, 7) is 6.53. The molecule has 19 heavy (non-hydrogen) atoms. The molecular formula is C16H26BrNO. The molecule has 0 saturated carbocycles. The van der Waals surface area contributed by atoms with Crippen LogP contribution >= 0.6 is 15.9 Å². The first-order chi connectivity index (χ1) is 9.21. The van der Waals surface area contributed by atoms with E-state index < -0.39 is 0 Å². The maximum atomic E-state index is 5.26. The smallest absolute Gasteiger partial charge is 0.119 e. The van der Waals surface area contributed by atoms with Gasteiger partial charge in [-0.1, -0.05) is 49.0 Å². The van der Waals surface area contributed by atoms with Gasteiger partial charge in [-0.05, 0) is 42.6 Å². The van der Waals surface area contributed by atoms with Gasteiger partial charge in [0.2, 0.25) is 0 Å². The third kappa shape index (κ3) is 5.96. The summed E-state index contributed by atoms with van der Waals surface area (Å²) in [5, 5.41) is 3.57. The fourth-order valence-electron chi connectivity index (χ4n) is 2.17. The minimum absolute atomic E-state index is 0.796. The van der Waals surface area contributed by atoms with Crippen molar-refractivity contribution in [3.8, 4) is 5.75 Å². The average molecular weight is 328 g/mol. The van der Waals surface area contributed by atoms with Crippen molar-refractivity contribution < 1.29 is 4.74 Å². The monoisotopic (exact) mass is 327 g/mol. The Morgan fingerprint density at radius 3 is 2.74 bits per heavy atom. The molecule has 0 saturated heterocycles. The Morgan fingerprint density at radius 1 is 1.32 bits per heavy atom. The molecule has 3 heteroatoms. The van der Waals surface area contributed by atoms with Crippen molar-refractivity contribution >= 4 is 15.9 Å². The molecule has 0 aliphatic carbocycles. The topological polar surface area (TPSA) is 21.3 Å². The zero-order valence-corrected chi connectivity index (χ0v) is 13.9. The maximum absolute atomic E-state index is 5.26. The van der Waals surface area contributed by atoms with Crippen LogP contribution in [0.5, 0.6) is 5.75 Å². The molecule has 1 aromatic carbocycles. The zero-order valence-electron chi connectivity index (χ0n) is 12.3. The number of rotatable bonds is 9. The molecular weight excluding hydrogens is 302 g/mol. The SMILES string of the molecule is CCCCC(CC)CNCc1cc(OC)ccc1Br. The third-order valence-corrected chi connectivity index (χ3v) is 4.32. The second-order valence-corrected chi connectivity index (χ2v) is 5.86. The fourth-order valence-corrected chi connectivity index (χ4v) is 2.55. The molecule has 0 aliphatic heterocycles. The number of methoxy groups -OCH3 is 1. The van der Waals surface area contributed by atoms with Crippen molar-refractivity contribution in [1.82, 2.24) is 5.32 Å². The molecule has 2 nitrogen and oxygen atoms in total. The van der Waals surface area contributed by atoms with Crippen LogP contribution in [-0.2, 0) is 6.54 Å². The number of hydrogen-bond acceptors (Lipinski definition) is 2. The predicted molar refractivity (Wildman–Crippen MR) is 85.7 cm³/mol. The van der Waals surface area contributed by atoms with Crippen molar-refractivity contribution in [2.24, 2.45) is 5.92 Å². The van der Waals surface area contributed by atoms with Gasteiger partial charge in [-0.2, -0.15) is 0 Å². The average Bonchev–Trinajstić information content (AvgIpc) is 2.44. The molecule has 1 aromatic rings. The summed E-state index contributed by atoms with van der Waals surface area (Å²) in [4.78, 5) is 0. The highest BCUT2D eigenvalue weighted by Crippen LogP contribution is 2.22. The quantitative estimate of drug-likeness (QED) is 0.705. The van der Waals surface area contributed by atoms with Gasteiger partial charge in [-0.15, -0.1) is 0 Å². The summed E-state index contributed by atoms with van der Waals surface area (Å²) in [6, 6.07) is 6.11. The van der Waals surface area contributed by atoms with Crippen LogP contribution in [0.25, 0.3) is 0 Å². The molecule has 0 heterocycles. The molecule has 108 valence electrons. The highest BCUT2D eigenvalue weighted by molar-refractivity contribution is 9.10. The molecule has 1 atom stereocenters. The van der Waals surface area contributed by atoms with Gasteiger partial charge in [0, 0.05) is 11.0 Å². The molecule has 0 amide bonds. The van der Waals surface area contributed by atoms with E-state index >= 15 is 0 Å². The number of benzene rings is 1. The van der Waals surface area contributed by atoms with Crippen molar-refractivity contribution in [3.63, 3.8) is 0 Å². The predicted octanol–water partition coefficient (Wildman–Crippen LogP) is 4.76. The van der Waals surface area contributed by atoms with E-state index in [1.54, 1.807) is 7.11 Å². The van der Waals surface area contributed by atoms with Crippen LogP contribution in [0.2, 0.25) is 0 Å². The second-order valence-electron chi connectivity index (χ2n) is 5.00. The molecule has 0 spiro atoms. The van der Waals surface area contributed by atoms with Crippen molar-refractivity contribution in [2.75, 3.05) is 13.7 Å². The van der Waals surface area contributed by atoms with E-state index in [2.05, 4.69) is 41.2 Å². The lowest BCUT2D eigenvalue weighted by atomic mass is 9.99. The lowest BCUT2D eigenvalue weighted by molar-refractivity contribution is 0.410. The minimum Gasteiger partial charge on any atom is -0.497 e. The zero-order chi connectivity index (χ0) is 14.1. The van der Waals surface area contributed by atoms with E-state index in [1.165, 1.54) is 31.2 Å². The van der Waals surface area contributed by atoms with Crippen LogP contribution in [0.1, 0.15) is 45.1 Å². The van der Waals surface area contributed by atoms with E-state index in [9.17, 15) is 0 Å². The Hall–Kier alpha value is -0.540. The molecule has 1 N–H and O–H groups in total. The summed E-state index contributed by atoms with van der Waals surface area (Å²) in [6.07, 6.45) is 5.21. The first-order valence-corrected chi connectivity index (χ1v) is 8.03. The standard InChI is InChI=1S/C16H26BrNO/c1-4-6-7-13(5-2)11-18-12-14-10-15(19-3)8-9-16(14)17/h8-10,13,18H,4-7,11-12H2,1-3H3. The highest BCUT2D eigenvalue weighted by atomic mass is 79.9. The van der Waals surface area contributed by atoms with Crippen LogP contribution in [0.3, 0.4) is 0 Å². The van der Waals surface area contributed by atoms with Gasteiger partial charge in [-0.25, -0.2) is 0 Å². The lowest BCUT2D eigenvalue weighted by Gasteiger charge is -2.16. The number of hydrogen-bond donors (Lipinski definition) is 1. The lowest BCUT2D eigenvalue weighted by Crippen LogP contribution is -2.22. The van der Waals surface area contributed by atoms with Crippen molar-refractivity contribution in [2.45, 2.75) is 46.1 Å². The van der Waals surface area contributed by atoms with Gasteiger partial charge < -0.3 is 10.1 Å². The Labute approximate surface area is 126 Å². The van der Waals surface area contributed by atoms with E-state index in [4.69, 9.17) is 4.74 Å². The Morgan fingerprint density at radius 2 is 2.11 bits per heavy atom. The molecule has 1 unspecified atom stereocenters. The maximum Gasteiger partial charge on any atom is 0.119 e. The fraction of sp³-hybridized carbons (Fsp3) is 0.625. The van der Waals surface area contributed by atoms with Crippen molar-refractivity contribution in [1.29, 1.82) is 0 Å². The van der Waals surface area contributed by atoms with Gasteiger partial charge in [-0.3, -0.25) is 0 Å². The first kappa shape index (κ1) is 16.5. The minimum atomic E-state index is 0.796. The molecule has 1 rings (SSSR count). The number of unbranched alkanes of at least 4 members (excludes halogenated alkanes) is 1. The van der Waals surface area contributed by atoms with Crippen LogP contribution in [-0.4, -0.2) is 13.7 Å². The third-order valence-electron chi connectivity index (χ3n) is 3.54. The summed E-state index contributed by atoms with van der Waals surface area (Å²) in [7, 11) is 1.71. The van der Waals surface area contributed by atoms with Gasteiger partial charge in [0.15, 0.2) is 0 Å². The molecule has 0 radical (unpaired) electrons. The summed E-state index contributed by atoms with van der Waals surface area (Å²) in [5.74, 6) is 1.71. The summed E-state index contributed by atoms with van der Waals surface area (Å²) < 4.78 is 6.40. The molecule has 0 aliphatic rings. The van der Waals surface area contributed by atoms with Gasteiger partial charge in [0.1, 0.15) is 5.75 Å². The normalized spacial score (nSPS) is 12.4. The van der Waals surface area contributed by atoms with E-state index in [1.807, 2.05) is 12.1 Å². The van der Waals surface area contributed by atoms with Gasteiger partial charge in [0.05, 0.1) is 7.11 Å². The number of nitrogens with one attached hydrogen (secondary N) is 1. The number of ether oxygens (including phenoxy) is 1. The van der Waals surface area contributed by atoms with Gasteiger partial charge >= 0.3 is 0 Å². The van der Waals surface area contributed by atoms with E-state index in [0.29, 0.717) is 0 Å². The Kier molecular flexibility index (Phi) is 8.15. The van der Waals surface area contributed by atoms with Gasteiger partial charge in [0.25, 0.3) is 0 Å². The Bertz CT molecular complexity index is 368. The molecule has 0 aromatic heterocycles.